The van der Waals surface area contributed by atoms with E-state index in [4.69, 9.17) is 0 Å². The summed E-state index contributed by atoms with van der Waals surface area (Å²) in [6, 6.07) is 0. The van der Waals surface area contributed by atoms with Gasteiger partial charge in [0.25, 0.3) is 0 Å². The van der Waals surface area contributed by atoms with E-state index in [1.165, 1.54) is 25.7 Å². The Labute approximate surface area is 87.6 Å². The third kappa shape index (κ3) is 9.52. The molecule has 0 aromatic rings. The Morgan fingerprint density at radius 3 is 2.43 bits per heavy atom. The molecule has 0 aliphatic rings. The van der Waals surface area contributed by atoms with Crippen LogP contribution in [0, 0.1) is 0 Å². The van der Waals surface area contributed by atoms with E-state index in [2.05, 4.69) is 24.5 Å². The van der Waals surface area contributed by atoms with Crippen LogP contribution in [-0.4, -0.2) is 25.5 Å². The van der Waals surface area contributed by atoms with Gasteiger partial charge in [0.05, 0.1) is 6.54 Å². The molecule has 0 heterocycles. The number of amides is 1. The molecule has 14 heavy (non-hydrogen) atoms. The predicted molar refractivity (Wildman–Crippen MR) is 60.3 cm³/mol. The topological polar surface area (TPSA) is 41.1 Å². The van der Waals surface area contributed by atoms with Gasteiger partial charge in [-0.1, -0.05) is 33.1 Å². The lowest BCUT2D eigenvalue weighted by atomic mass is 10.2. The van der Waals surface area contributed by atoms with E-state index in [9.17, 15) is 4.79 Å². The second-order valence-corrected chi connectivity index (χ2v) is 3.59. The first-order chi connectivity index (χ1) is 6.81. The molecular formula is C11H24N2O. The van der Waals surface area contributed by atoms with Gasteiger partial charge in [0.1, 0.15) is 0 Å². The molecule has 2 N–H and O–H groups in total. The molecule has 0 saturated carbocycles. The molecule has 0 bridgehead atoms. The molecule has 3 nitrogen and oxygen atoms in total. The summed E-state index contributed by atoms with van der Waals surface area (Å²) in [4.78, 5) is 11.1. The first kappa shape index (κ1) is 13.4. The van der Waals surface area contributed by atoms with Crippen molar-refractivity contribution in [3.63, 3.8) is 0 Å². The Morgan fingerprint density at radius 2 is 1.79 bits per heavy atom. The number of unbranched alkanes of at least 4 members (excludes halogenated alkanes) is 3. The van der Waals surface area contributed by atoms with E-state index in [0.29, 0.717) is 6.54 Å². The molecule has 0 aliphatic carbocycles. The fraction of sp³-hybridized carbons (Fsp3) is 0.909. The average Bonchev–Trinajstić information content (AvgIpc) is 2.20. The van der Waals surface area contributed by atoms with Crippen molar-refractivity contribution >= 4 is 5.91 Å². The minimum Gasteiger partial charge on any atom is -0.355 e. The van der Waals surface area contributed by atoms with Crippen molar-refractivity contribution in [2.75, 3.05) is 19.6 Å². The summed E-state index contributed by atoms with van der Waals surface area (Å²) in [6.45, 7) is 6.46. The molecule has 0 radical (unpaired) electrons. The Bertz CT molecular complexity index is 137. The van der Waals surface area contributed by atoms with E-state index >= 15 is 0 Å². The summed E-state index contributed by atoms with van der Waals surface area (Å²) in [6.07, 6.45) is 6.00. The fourth-order valence-electron chi connectivity index (χ4n) is 1.21. The van der Waals surface area contributed by atoms with Crippen LogP contribution in [0.5, 0.6) is 0 Å². The van der Waals surface area contributed by atoms with Gasteiger partial charge >= 0.3 is 0 Å². The Morgan fingerprint density at radius 1 is 1.00 bits per heavy atom. The number of rotatable bonds is 9. The van der Waals surface area contributed by atoms with E-state index in [0.717, 1.165) is 19.5 Å². The zero-order valence-electron chi connectivity index (χ0n) is 9.57. The molecule has 3 heteroatoms. The molecule has 0 aromatic carbocycles. The first-order valence-electron chi connectivity index (χ1n) is 5.78. The van der Waals surface area contributed by atoms with Crippen LogP contribution in [0.1, 0.15) is 46.0 Å². The van der Waals surface area contributed by atoms with Crippen molar-refractivity contribution in [1.29, 1.82) is 0 Å². The SMILES string of the molecule is CCCCCCNCC(=O)NCCC. The number of hydrogen-bond donors (Lipinski definition) is 2. The molecule has 84 valence electrons. The van der Waals surface area contributed by atoms with Crippen molar-refractivity contribution in [2.45, 2.75) is 46.0 Å². The highest BCUT2D eigenvalue weighted by Crippen LogP contribution is 1.96. The van der Waals surface area contributed by atoms with Crippen LogP contribution in [0.15, 0.2) is 0 Å². The molecule has 0 unspecified atom stereocenters. The largest absolute Gasteiger partial charge is 0.355 e. The van der Waals surface area contributed by atoms with Crippen molar-refractivity contribution < 1.29 is 4.79 Å². The lowest BCUT2D eigenvalue weighted by molar-refractivity contribution is -0.120. The highest BCUT2D eigenvalue weighted by Gasteiger charge is 1.97. The average molecular weight is 200 g/mol. The van der Waals surface area contributed by atoms with Crippen LogP contribution < -0.4 is 10.6 Å². The van der Waals surface area contributed by atoms with Crippen LogP contribution in [0.4, 0.5) is 0 Å². The maximum absolute atomic E-state index is 11.1. The van der Waals surface area contributed by atoms with E-state index in [1.807, 2.05) is 0 Å². The summed E-state index contributed by atoms with van der Waals surface area (Å²) in [7, 11) is 0. The van der Waals surface area contributed by atoms with Gasteiger partial charge in [0, 0.05) is 6.54 Å². The van der Waals surface area contributed by atoms with Crippen molar-refractivity contribution in [1.82, 2.24) is 10.6 Å². The van der Waals surface area contributed by atoms with Crippen LogP contribution in [0.25, 0.3) is 0 Å². The Kier molecular flexibility index (Phi) is 10.1. The smallest absolute Gasteiger partial charge is 0.233 e. The maximum atomic E-state index is 11.1. The highest BCUT2D eigenvalue weighted by atomic mass is 16.1. The van der Waals surface area contributed by atoms with Crippen LogP contribution >= 0.6 is 0 Å². The third-order valence-corrected chi connectivity index (χ3v) is 2.06. The monoisotopic (exact) mass is 200 g/mol. The molecule has 0 aromatic heterocycles. The molecular weight excluding hydrogens is 176 g/mol. The van der Waals surface area contributed by atoms with Gasteiger partial charge in [-0.15, -0.1) is 0 Å². The summed E-state index contributed by atoms with van der Waals surface area (Å²) >= 11 is 0. The number of hydrogen-bond acceptors (Lipinski definition) is 2. The van der Waals surface area contributed by atoms with E-state index < -0.39 is 0 Å². The first-order valence-corrected chi connectivity index (χ1v) is 5.78. The van der Waals surface area contributed by atoms with Gasteiger partial charge in [0.2, 0.25) is 5.91 Å². The Hall–Kier alpha value is -0.570. The molecule has 1 amide bonds. The molecule has 0 saturated heterocycles. The number of carbonyl (C=O) groups is 1. The Balaban J connectivity index is 3.07. The van der Waals surface area contributed by atoms with E-state index in [-0.39, 0.29) is 5.91 Å². The van der Waals surface area contributed by atoms with Crippen LogP contribution in [0.2, 0.25) is 0 Å². The standard InChI is InChI=1S/C11H24N2O/c1-3-5-6-7-9-12-10-11(14)13-8-4-2/h12H,3-10H2,1-2H3,(H,13,14). The minimum atomic E-state index is 0.113. The highest BCUT2D eigenvalue weighted by molar-refractivity contribution is 5.77. The second-order valence-electron chi connectivity index (χ2n) is 3.59. The molecule has 0 atom stereocenters. The summed E-state index contributed by atoms with van der Waals surface area (Å²) in [5, 5.41) is 5.97. The van der Waals surface area contributed by atoms with Crippen molar-refractivity contribution in [3.8, 4) is 0 Å². The van der Waals surface area contributed by atoms with Crippen LogP contribution in [-0.2, 0) is 4.79 Å². The van der Waals surface area contributed by atoms with Crippen molar-refractivity contribution in [3.05, 3.63) is 0 Å². The lowest BCUT2D eigenvalue weighted by Crippen LogP contribution is -2.34. The number of carbonyl (C=O) groups excluding carboxylic acids is 1. The number of nitrogens with one attached hydrogen (secondary N) is 2. The van der Waals surface area contributed by atoms with Crippen LogP contribution in [0.3, 0.4) is 0 Å². The maximum Gasteiger partial charge on any atom is 0.233 e. The normalized spacial score (nSPS) is 10.1. The third-order valence-electron chi connectivity index (χ3n) is 2.06. The van der Waals surface area contributed by atoms with Gasteiger partial charge in [-0.25, -0.2) is 0 Å². The summed E-state index contributed by atoms with van der Waals surface area (Å²) in [5.74, 6) is 0.113. The van der Waals surface area contributed by atoms with Gasteiger partial charge in [-0.3, -0.25) is 4.79 Å². The second kappa shape index (κ2) is 10.5. The lowest BCUT2D eigenvalue weighted by Gasteiger charge is -2.05. The quantitative estimate of drug-likeness (QED) is 0.556. The predicted octanol–water partition coefficient (Wildman–Crippen LogP) is 1.68. The van der Waals surface area contributed by atoms with Gasteiger partial charge in [-0.05, 0) is 19.4 Å². The zero-order chi connectivity index (χ0) is 10.6. The van der Waals surface area contributed by atoms with Gasteiger partial charge < -0.3 is 10.6 Å². The zero-order valence-corrected chi connectivity index (χ0v) is 9.57. The summed E-state index contributed by atoms with van der Waals surface area (Å²) < 4.78 is 0. The molecule has 0 spiro atoms. The van der Waals surface area contributed by atoms with Gasteiger partial charge in [-0.2, -0.15) is 0 Å². The fourth-order valence-corrected chi connectivity index (χ4v) is 1.21. The minimum absolute atomic E-state index is 0.113. The molecule has 0 fully saturated rings. The molecule has 0 aliphatic heterocycles. The van der Waals surface area contributed by atoms with E-state index in [1.54, 1.807) is 0 Å². The summed E-state index contributed by atoms with van der Waals surface area (Å²) in [5.41, 5.74) is 0. The molecule has 0 rings (SSSR count). The van der Waals surface area contributed by atoms with Gasteiger partial charge in [0.15, 0.2) is 0 Å². The van der Waals surface area contributed by atoms with Crippen molar-refractivity contribution in [2.24, 2.45) is 0 Å².